The number of nitrogens with one attached hydrogen (secondary N) is 2. The molecule has 170 valence electrons. The Morgan fingerprint density at radius 2 is 1.77 bits per heavy atom. The normalized spacial score (nSPS) is 20.7. The van der Waals surface area contributed by atoms with Crippen LogP contribution in [-0.2, 0) is 19.6 Å². The van der Waals surface area contributed by atoms with Crippen LogP contribution in [0.1, 0.15) is 57.8 Å². The Labute approximate surface area is 185 Å². The molecule has 0 radical (unpaired) electrons. The second kappa shape index (κ2) is 10.9. The fourth-order valence-electron chi connectivity index (χ4n) is 4.43. The fourth-order valence-corrected chi connectivity index (χ4v) is 5.96. The lowest BCUT2D eigenvalue weighted by molar-refractivity contribution is -0.117. The number of sulfonamides is 1. The summed E-state index contributed by atoms with van der Waals surface area (Å²) in [5.41, 5.74) is 0.599. The van der Waals surface area contributed by atoms with Crippen molar-refractivity contribution in [3.63, 3.8) is 0 Å². The van der Waals surface area contributed by atoms with Gasteiger partial charge in [-0.15, -0.1) is 0 Å². The van der Waals surface area contributed by atoms with Crippen LogP contribution < -0.4 is 10.6 Å². The van der Waals surface area contributed by atoms with E-state index in [9.17, 15) is 18.0 Å². The van der Waals surface area contributed by atoms with E-state index in [1.54, 1.807) is 12.1 Å². The maximum Gasteiger partial charge on any atom is 0.243 e. The van der Waals surface area contributed by atoms with Gasteiger partial charge in [0.05, 0.1) is 4.90 Å². The standard InChI is InChI=1S/C23H33N3O4S/c1-2-22(27)25-20-9-6-16-26(17-20)31(29,30)21-13-11-19(12-14-21)24-23(28)15-10-18-7-4-3-5-8-18/h2,11-14,18,20H,1,3-10,15-17H2,(H,24,28)(H,25,27)/t20-/m0/s1. The third-order valence-corrected chi connectivity index (χ3v) is 8.08. The van der Waals surface area contributed by atoms with E-state index >= 15 is 0 Å². The number of piperidine rings is 1. The van der Waals surface area contributed by atoms with Crippen molar-refractivity contribution >= 4 is 27.5 Å². The number of anilines is 1. The first-order valence-corrected chi connectivity index (χ1v) is 12.7. The minimum Gasteiger partial charge on any atom is -0.349 e. The zero-order valence-electron chi connectivity index (χ0n) is 18.0. The highest BCUT2D eigenvalue weighted by molar-refractivity contribution is 7.89. The molecule has 1 aromatic rings. The Hall–Kier alpha value is -2.19. The molecular weight excluding hydrogens is 414 g/mol. The predicted molar refractivity (Wildman–Crippen MR) is 121 cm³/mol. The molecule has 1 saturated heterocycles. The molecule has 2 fully saturated rings. The summed E-state index contributed by atoms with van der Waals surface area (Å²) in [6.45, 7) is 4.09. The highest BCUT2D eigenvalue weighted by atomic mass is 32.2. The van der Waals surface area contributed by atoms with E-state index < -0.39 is 10.0 Å². The van der Waals surface area contributed by atoms with Gasteiger partial charge in [-0.1, -0.05) is 38.7 Å². The third kappa shape index (κ3) is 6.64. The van der Waals surface area contributed by atoms with Crippen molar-refractivity contribution in [2.24, 2.45) is 5.92 Å². The minimum atomic E-state index is -3.66. The van der Waals surface area contributed by atoms with Crippen LogP contribution in [0.15, 0.2) is 41.8 Å². The Morgan fingerprint density at radius 1 is 1.06 bits per heavy atom. The number of nitrogens with zero attached hydrogens (tertiary/aromatic N) is 1. The van der Waals surface area contributed by atoms with E-state index in [0.717, 1.165) is 12.8 Å². The van der Waals surface area contributed by atoms with Gasteiger partial charge in [0.2, 0.25) is 21.8 Å². The van der Waals surface area contributed by atoms with Crippen LogP contribution in [0.5, 0.6) is 0 Å². The minimum absolute atomic E-state index is 0.0296. The van der Waals surface area contributed by atoms with E-state index in [-0.39, 0.29) is 29.3 Å². The second-order valence-electron chi connectivity index (χ2n) is 8.53. The summed E-state index contributed by atoms with van der Waals surface area (Å²) in [5, 5.41) is 5.65. The van der Waals surface area contributed by atoms with Crippen molar-refractivity contribution in [2.45, 2.75) is 68.7 Å². The summed E-state index contributed by atoms with van der Waals surface area (Å²) in [6, 6.07) is 6.09. The van der Waals surface area contributed by atoms with Gasteiger partial charge in [-0.25, -0.2) is 8.42 Å². The first-order valence-electron chi connectivity index (χ1n) is 11.2. The molecule has 1 aliphatic heterocycles. The second-order valence-corrected chi connectivity index (χ2v) is 10.5. The van der Waals surface area contributed by atoms with Crippen LogP contribution in [0.25, 0.3) is 0 Å². The molecule has 8 heteroatoms. The highest BCUT2D eigenvalue weighted by Crippen LogP contribution is 2.27. The van der Waals surface area contributed by atoms with Gasteiger partial charge in [0.25, 0.3) is 0 Å². The smallest absolute Gasteiger partial charge is 0.243 e. The van der Waals surface area contributed by atoms with Crippen molar-refractivity contribution in [1.82, 2.24) is 9.62 Å². The Kier molecular flexibility index (Phi) is 8.26. The van der Waals surface area contributed by atoms with Crippen LogP contribution in [0.2, 0.25) is 0 Å². The Morgan fingerprint density at radius 3 is 2.45 bits per heavy atom. The average Bonchev–Trinajstić information content (AvgIpc) is 2.79. The molecule has 1 atom stereocenters. The lowest BCUT2D eigenvalue weighted by Crippen LogP contribution is -2.49. The number of carbonyl (C=O) groups excluding carboxylic acids is 2. The van der Waals surface area contributed by atoms with E-state index in [2.05, 4.69) is 17.2 Å². The van der Waals surface area contributed by atoms with Gasteiger partial charge in [-0.2, -0.15) is 4.31 Å². The summed E-state index contributed by atoms with van der Waals surface area (Å²) >= 11 is 0. The number of hydrogen-bond donors (Lipinski definition) is 2. The van der Waals surface area contributed by atoms with Gasteiger partial charge in [0, 0.05) is 31.2 Å². The molecule has 0 bridgehead atoms. The molecule has 31 heavy (non-hydrogen) atoms. The van der Waals surface area contributed by atoms with Crippen LogP contribution in [0.3, 0.4) is 0 Å². The van der Waals surface area contributed by atoms with Crippen LogP contribution >= 0.6 is 0 Å². The lowest BCUT2D eigenvalue weighted by Gasteiger charge is -2.32. The van der Waals surface area contributed by atoms with Crippen molar-refractivity contribution in [1.29, 1.82) is 0 Å². The molecule has 1 aromatic carbocycles. The number of rotatable bonds is 8. The van der Waals surface area contributed by atoms with Gasteiger partial charge < -0.3 is 10.6 Å². The molecular formula is C23H33N3O4S. The van der Waals surface area contributed by atoms with Gasteiger partial charge in [0.1, 0.15) is 0 Å². The number of hydrogen-bond acceptors (Lipinski definition) is 4. The fraction of sp³-hybridized carbons (Fsp3) is 0.565. The van der Waals surface area contributed by atoms with Crippen LogP contribution in [0, 0.1) is 5.92 Å². The molecule has 7 nitrogen and oxygen atoms in total. The van der Waals surface area contributed by atoms with Crippen molar-refractivity contribution < 1.29 is 18.0 Å². The number of benzene rings is 1. The molecule has 1 saturated carbocycles. The molecule has 1 aliphatic carbocycles. The maximum atomic E-state index is 13.0. The quantitative estimate of drug-likeness (QED) is 0.597. The maximum absolute atomic E-state index is 13.0. The molecule has 2 N–H and O–H groups in total. The summed E-state index contributed by atoms with van der Waals surface area (Å²) in [5.74, 6) is 0.322. The SMILES string of the molecule is C=CC(=O)N[C@H]1CCCN(S(=O)(=O)c2ccc(NC(=O)CCC3CCCCC3)cc2)C1. The predicted octanol–water partition coefficient (Wildman–Crippen LogP) is 3.44. The Bertz CT molecular complexity index is 877. The van der Waals surface area contributed by atoms with E-state index in [0.29, 0.717) is 31.0 Å². The summed E-state index contributed by atoms with van der Waals surface area (Å²) in [7, 11) is -3.66. The first-order chi connectivity index (χ1) is 14.9. The highest BCUT2D eigenvalue weighted by Gasteiger charge is 2.30. The van der Waals surface area contributed by atoms with Gasteiger partial charge in [-0.3, -0.25) is 9.59 Å². The van der Waals surface area contributed by atoms with Crippen molar-refractivity contribution in [3.8, 4) is 0 Å². The molecule has 2 amide bonds. The summed E-state index contributed by atoms with van der Waals surface area (Å²) in [4.78, 5) is 24.0. The average molecular weight is 448 g/mol. The monoisotopic (exact) mass is 447 g/mol. The summed E-state index contributed by atoms with van der Waals surface area (Å²) < 4.78 is 27.4. The lowest BCUT2D eigenvalue weighted by atomic mass is 9.86. The first kappa shape index (κ1) is 23.5. The number of carbonyl (C=O) groups is 2. The van der Waals surface area contributed by atoms with E-state index in [1.165, 1.54) is 54.6 Å². The molecule has 0 unspecified atom stereocenters. The molecule has 0 spiro atoms. The van der Waals surface area contributed by atoms with Gasteiger partial charge in [0.15, 0.2) is 0 Å². The topological polar surface area (TPSA) is 95.6 Å². The van der Waals surface area contributed by atoms with Crippen molar-refractivity contribution in [2.75, 3.05) is 18.4 Å². The summed E-state index contributed by atoms with van der Waals surface area (Å²) in [6.07, 6.45) is 10.3. The van der Waals surface area contributed by atoms with Crippen LogP contribution in [-0.4, -0.2) is 43.7 Å². The van der Waals surface area contributed by atoms with Gasteiger partial charge >= 0.3 is 0 Å². The van der Waals surface area contributed by atoms with E-state index in [4.69, 9.17) is 0 Å². The van der Waals surface area contributed by atoms with E-state index in [1.807, 2.05) is 0 Å². The largest absolute Gasteiger partial charge is 0.349 e. The molecule has 2 aliphatic rings. The zero-order valence-corrected chi connectivity index (χ0v) is 18.8. The molecule has 3 rings (SSSR count). The van der Waals surface area contributed by atoms with Crippen molar-refractivity contribution in [3.05, 3.63) is 36.9 Å². The zero-order chi connectivity index (χ0) is 22.3. The number of amides is 2. The molecule has 1 heterocycles. The third-order valence-electron chi connectivity index (χ3n) is 6.20. The Balaban J connectivity index is 1.54. The van der Waals surface area contributed by atoms with Crippen LogP contribution in [0.4, 0.5) is 5.69 Å². The molecule has 0 aromatic heterocycles. The van der Waals surface area contributed by atoms with Gasteiger partial charge in [-0.05, 0) is 55.5 Å².